The summed E-state index contributed by atoms with van der Waals surface area (Å²) in [5.41, 5.74) is -0.0480. The predicted octanol–water partition coefficient (Wildman–Crippen LogP) is 0.683. The van der Waals surface area contributed by atoms with Gasteiger partial charge in [-0.25, -0.2) is 0 Å². The SMILES string of the molecule is CC(C)(C)OCCNCCn1ccnn1. The van der Waals surface area contributed by atoms with E-state index in [2.05, 4.69) is 36.4 Å². The zero-order valence-corrected chi connectivity index (χ0v) is 9.73. The van der Waals surface area contributed by atoms with E-state index >= 15 is 0 Å². The molecule has 5 heteroatoms. The number of nitrogens with one attached hydrogen (secondary N) is 1. The molecule has 1 aromatic heterocycles. The molecule has 0 amide bonds. The Morgan fingerprint density at radius 1 is 1.33 bits per heavy atom. The van der Waals surface area contributed by atoms with Crippen molar-refractivity contribution < 1.29 is 4.74 Å². The monoisotopic (exact) mass is 212 g/mol. The molecule has 0 saturated heterocycles. The lowest BCUT2D eigenvalue weighted by molar-refractivity contribution is -0.000805. The van der Waals surface area contributed by atoms with Gasteiger partial charge in [0.05, 0.1) is 24.9 Å². The van der Waals surface area contributed by atoms with Crippen LogP contribution in [0.5, 0.6) is 0 Å². The third-order valence-corrected chi connectivity index (χ3v) is 1.80. The third-order valence-electron chi connectivity index (χ3n) is 1.80. The molecule has 1 aromatic rings. The highest BCUT2D eigenvalue weighted by Crippen LogP contribution is 2.04. The molecule has 15 heavy (non-hydrogen) atoms. The summed E-state index contributed by atoms with van der Waals surface area (Å²) in [6, 6.07) is 0. The van der Waals surface area contributed by atoms with Gasteiger partial charge < -0.3 is 10.1 Å². The van der Waals surface area contributed by atoms with Crippen LogP contribution in [0.15, 0.2) is 12.4 Å². The number of hydrogen-bond donors (Lipinski definition) is 1. The first kappa shape index (κ1) is 12.1. The molecule has 1 N–H and O–H groups in total. The maximum absolute atomic E-state index is 5.57. The van der Waals surface area contributed by atoms with Gasteiger partial charge in [0.15, 0.2) is 0 Å². The lowest BCUT2D eigenvalue weighted by atomic mass is 10.2. The van der Waals surface area contributed by atoms with Gasteiger partial charge >= 0.3 is 0 Å². The molecule has 86 valence electrons. The van der Waals surface area contributed by atoms with Crippen LogP contribution in [0.3, 0.4) is 0 Å². The zero-order chi connectivity index (χ0) is 11.1. The third kappa shape index (κ3) is 6.19. The summed E-state index contributed by atoms with van der Waals surface area (Å²) in [7, 11) is 0. The van der Waals surface area contributed by atoms with Crippen molar-refractivity contribution in [2.45, 2.75) is 32.9 Å². The van der Waals surface area contributed by atoms with Gasteiger partial charge in [0.25, 0.3) is 0 Å². The van der Waals surface area contributed by atoms with Crippen LogP contribution in [0.4, 0.5) is 0 Å². The molecule has 0 bridgehead atoms. The van der Waals surface area contributed by atoms with Crippen molar-refractivity contribution in [3.8, 4) is 0 Å². The Labute approximate surface area is 90.8 Å². The van der Waals surface area contributed by atoms with Crippen LogP contribution < -0.4 is 5.32 Å². The van der Waals surface area contributed by atoms with Crippen molar-refractivity contribution in [1.82, 2.24) is 20.3 Å². The molecule has 0 aliphatic rings. The first-order valence-corrected chi connectivity index (χ1v) is 5.27. The fraction of sp³-hybridized carbons (Fsp3) is 0.800. The van der Waals surface area contributed by atoms with Gasteiger partial charge in [-0.1, -0.05) is 5.21 Å². The van der Waals surface area contributed by atoms with Gasteiger partial charge in [0, 0.05) is 19.3 Å². The van der Waals surface area contributed by atoms with Gasteiger partial charge in [-0.05, 0) is 20.8 Å². The van der Waals surface area contributed by atoms with Crippen molar-refractivity contribution in [1.29, 1.82) is 0 Å². The molecule has 0 fully saturated rings. The van der Waals surface area contributed by atoms with E-state index in [1.54, 1.807) is 10.9 Å². The minimum Gasteiger partial charge on any atom is -0.375 e. The van der Waals surface area contributed by atoms with E-state index in [4.69, 9.17) is 4.74 Å². The van der Waals surface area contributed by atoms with Gasteiger partial charge in [0.1, 0.15) is 0 Å². The molecule has 0 saturated carbocycles. The van der Waals surface area contributed by atoms with E-state index in [-0.39, 0.29) is 5.60 Å². The first-order valence-electron chi connectivity index (χ1n) is 5.27. The Balaban J connectivity index is 1.94. The number of ether oxygens (including phenoxy) is 1. The molecule has 0 unspecified atom stereocenters. The van der Waals surface area contributed by atoms with Crippen LogP contribution in [0.25, 0.3) is 0 Å². The molecule has 0 aromatic carbocycles. The molecule has 5 nitrogen and oxygen atoms in total. The lowest BCUT2D eigenvalue weighted by Gasteiger charge is -2.19. The molecular weight excluding hydrogens is 192 g/mol. The van der Waals surface area contributed by atoms with Gasteiger partial charge in [-0.15, -0.1) is 5.10 Å². The van der Waals surface area contributed by atoms with Crippen LogP contribution in [0.2, 0.25) is 0 Å². The van der Waals surface area contributed by atoms with Crippen molar-refractivity contribution in [3.05, 3.63) is 12.4 Å². The highest BCUT2D eigenvalue weighted by Gasteiger charge is 2.08. The minimum atomic E-state index is -0.0480. The molecular formula is C10H20N4O. The Kier molecular flexibility index (Phi) is 4.71. The van der Waals surface area contributed by atoms with Gasteiger partial charge in [0.2, 0.25) is 0 Å². The van der Waals surface area contributed by atoms with E-state index in [1.807, 2.05) is 6.20 Å². The van der Waals surface area contributed by atoms with Crippen LogP contribution in [0.1, 0.15) is 20.8 Å². The Morgan fingerprint density at radius 2 is 2.13 bits per heavy atom. The normalized spacial score (nSPS) is 11.9. The van der Waals surface area contributed by atoms with E-state index in [0.29, 0.717) is 0 Å². The first-order chi connectivity index (χ1) is 7.08. The average molecular weight is 212 g/mol. The number of hydrogen-bond acceptors (Lipinski definition) is 4. The summed E-state index contributed by atoms with van der Waals surface area (Å²) < 4.78 is 7.37. The number of rotatable bonds is 6. The fourth-order valence-corrected chi connectivity index (χ4v) is 1.10. The molecule has 0 spiro atoms. The summed E-state index contributed by atoms with van der Waals surface area (Å²) in [4.78, 5) is 0. The molecule has 1 rings (SSSR count). The topological polar surface area (TPSA) is 52.0 Å². The second kappa shape index (κ2) is 5.82. The van der Waals surface area contributed by atoms with Crippen molar-refractivity contribution in [3.63, 3.8) is 0 Å². The van der Waals surface area contributed by atoms with E-state index in [0.717, 1.165) is 26.2 Å². The zero-order valence-electron chi connectivity index (χ0n) is 9.73. The molecule has 0 atom stereocenters. The van der Waals surface area contributed by atoms with Crippen molar-refractivity contribution in [2.75, 3.05) is 19.7 Å². The molecule has 0 aliphatic carbocycles. The molecule has 0 radical (unpaired) electrons. The maximum atomic E-state index is 5.57. The minimum absolute atomic E-state index is 0.0480. The van der Waals surface area contributed by atoms with Crippen LogP contribution in [-0.2, 0) is 11.3 Å². The standard InChI is InChI=1S/C10H20N4O/c1-10(2,3)15-9-6-11-4-7-14-8-5-12-13-14/h5,8,11H,4,6-7,9H2,1-3H3. The van der Waals surface area contributed by atoms with Crippen molar-refractivity contribution in [2.24, 2.45) is 0 Å². The van der Waals surface area contributed by atoms with E-state index < -0.39 is 0 Å². The number of aromatic nitrogens is 3. The van der Waals surface area contributed by atoms with E-state index in [9.17, 15) is 0 Å². The summed E-state index contributed by atoms with van der Waals surface area (Å²) in [6.45, 7) is 9.51. The lowest BCUT2D eigenvalue weighted by Crippen LogP contribution is -2.28. The Morgan fingerprint density at radius 3 is 2.73 bits per heavy atom. The predicted molar refractivity (Wildman–Crippen MR) is 58.6 cm³/mol. The summed E-state index contributed by atoms with van der Waals surface area (Å²) in [6.07, 6.45) is 3.54. The molecule has 1 heterocycles. The highest BCUT2D eigenvalue weighted by molar-refractivity contribution is 4.64. The summed E-state index contributed by atoms with van der Waals surface area (Å²) >= 11 is 0. The number of nitrogens with zero attached hydrogens (tertiary/aromatic N) is 3. The average Bonchev–Trinajstić information content (AvgIpc) is 2.61. The van der Waals surface area contributed by atoms with Gasteiger partial charge in [-0.3, -0.25) is 4.68 Å². The van der Waals surface area contributed by atoms with Crippen LogP contribution >= 0.6 is 0 Å². The second-order valence-corrected chi connectivity index (χ2v) is 4.38. The molecule has 0 aliphatic heterocycles. The van der Waals surface area contributed by atoms with Crippen LogP contribution in [-0.4, -0.2) is 40.3 Å². The van der Waals surface area contributed by atoms with Gasteiger partial charge in [-0.2, -0.15) is 0 Å². The summed E-state index contributed by atoms with van der Waals surface area (Å²) in [5.74, 6) is 0. The Bertz CT molecular complexity index is 253. The summed E-state index contributed by atoms with van der Waals surface area (Å²) in [5, 5.41) is 10.9. The van der Waals surface area contributed by atoms with Crippen molar-refractivity contribution >= 4 is 0 Å². The maximum Gasteiger partial charge on any atom is 0.0692 e. The second-order valence-electron chi connectivity index (χ2n) is 4.38. The fourth-order valence-electron chi connectivity index (χ4n) is 1.10. The highest BCUT2D eigenvalue weighted by atomic mass is 16.5. The van der Waals surface area contributed by atoms with Crippen LogP contribution in [0, 0.1) is 0 Å². The van der Waals surface area contributed by atoms with E-state index in [1.165, 1.54) is 0 Å². The largest absolute Gasteiger partial charge is 0.375 e. The quantitative estimate of drug-likeness (QED) is 0.705. The Hall–Kier alpha value is -0.940. The smallest absolute Gasteiger partial charge is 0.0692 e.